The van der Waals surface area contributed by atoms with Gasteiger partial charge in [-0.2, -0.15) is 14.9 Å². The van der Waals surface area contributed by atoms with Crippen LogP contribution in [-0.4, -0.2) is 40.4 Å². The minimum atomic E-state index is -0.262. The lowest BCUT2D eigenvalue weighted by Crippen LogP contribution is -2.17. The van der Waals surface area contributed by atoms with Gasteiger partial charge in [0.1, 0.15) is 5.82 Å². The summed E-state index contributed by atoms with van der Waals surface area (Å²) in [6, 6.07) is 5.45. The van der Waals surface area contributed by atoms with E-state index in [9.17, 15) is 4.79 Å². The molecule has 148 valence electrons. The molecular formula is C20H22N8O. The number of nitrogens with zero attached hydrogens (tertiary/aromatic N) is 7. The standard InChI is InChI=1S/C20H22N8O/c1-10-7-11(2)23-20(22-10)28-16(9-13(4)25-28)24-19(29)15-8-12(3)21-18-17(15)14(5)26-27(18)6/h7-9H,1-6H3,(H,24,29). The second-order valence-corrected chi connectivity index (χ2v) is 7.21. The van der Waals surface area contributed by atoms with Crippen LogP contribution in [0.25, 0.3) is 17.0 Å². The summed E-state index contributed by atoms with van der Waals surface area (Å²) in [5.74, 6) is 0.656. The van der Waals surface area contributed by atoms with Crippen molar-refractivity contribution in [3.05, 3.63) is 52.2 Å². The molecule has 29 heavy (non-hydrogen) atoms. The molecule has 9 heteroatoms. The largest absolute Gasteiger partial charge is 0.306 e. The third-order valence-electron chi connectivity index (χ3n) is 4.57. The molecule has 0 unspecified atom stereocenters. The molecule has 0 saturated carbocycles. The molecule has 4 heterocycles. The predicted molar refractivity (Wildman–Crippen MR) is 109 cm³/mol. The summed E-state index contributed by atoms with van der Waals surface area (Å²) in [6.45, 7) is 9.38. The molecule has 0 atom stereocenters. The van der Waals surface area contributed by atoms with Crippen molar-refractivity contribution in [3.63, 3.8) is 0 Å². The molecule has 1 amide bonds. The zero-order valence-corrected chi connectivity index (χ0v) is 17.3. The van der Waals surface area contributed by atoms with Crippen molar-refractivity contribution in [1.29, 1.82) is 0 Å². The van der Waals surface area contributed by atoms with E-state index in [1.165, 1.54) is 0 Å². The van der Waals surface area contributed by atoms with E-state index in [1.807, 2.05) is 47.7 Å². The molecule has 0 aliphatic carbocycles. The summed E-state index contributed by atoms with van der Waals surface area (Å²) in [6.07, 6.45) is 0. The first kappa shape index (κ1) is 18.7. The Morgan fingerprint density at radius 2 is 1.52 bits per heavy atom. The Balaban J connectivity index is 1.78. The van der Waals surface area contributed by atoms with Gasteiger partial charge in [0.2, 0.25) is 0 Å². The summed E-state index contributed by atoms with van der Waals surface area (Å²) in [5.41, 5.74) is 5.10. The van der Waals surface area contributed by atoms with Gasteiger partial charge in [0.05, 0.1) is 22.3 Å². The van der Waals surface area contributed by atoms with Gasteiger partial charge in [-0.15, -0.1) is 0 Å². The van der Waals surface area contributed by atoms with Gasteiger partial charge in [-0.25, -0.2) is 15.0 Å². The molecule has 0 aliphatic heterocycles. The molecule has 0 radical (unpaired) electrons. The Morgan fingerprint density at radius 3 is 2.21 bits per heavy atom. The molecule has 0 aliphatic rings. The third kappa shape index (κ3) is 3.35. The monoisotopic (exact) mass is 390 g/mol. The van der Waals surface area contributed by atoms with Crippen LogP contribution in [0.15, 0.2) is 18.2 Å². The molecule has 4 rings (SSSR count). The number of hydrogen-bond donors (Lipinski definition) is 1. The number of pyridine rings is 1. The predicted octanol–water partition coefficient (Wildman–Crippen LogP) is 2.74. The number of aryl methyl sites for hydroxylation is 6. The summed E-state index contributed by atoms with van der Waals surface area (Å²) in [7, 11) is 1.82. The van der Waals surface area contributed by atoms with Crippen LogP contribution < -0.4 is 5.32 Å². The van der Waals surface area contributed by atoms with Crippen LogP contribution in [0, 0.1) is 34.6 Å². The molecule has 9 nitrogen and oxygen atoms in total. The Morgan fingerprint density at radius 1 is 0.862 bits per heavy atom. The normalized spacial score (nSPS) is 11.2. The summed E-state index contributed by atoms with van der Waals surface area (Å²) in [4.78, 5) is 26.6. The molecular weight excluding hydrogens is 368 g/mol. The number of nitrogens with one attached hydrogen (secondary N) is 1. The Kier molecular flexibility index (Phi) is 4.37. The number of hydrogen-bond acceptors (Lipinski definition) is 6. The van der Waals surface area contributed by atoms with Crippen molar-refractivity contribution in [1.82, 2.24) is 34.5 Å². The van der Waals surface area contributed by atoms with Crippen LogP contribution >= 0.6 is 0 Å². The fourth-order valence-corrected chi connectivity index (χ4v) is 3.48. The number of carbonyl (C=O) groups is 1. The van der Waals surface area contributed by atoms with Gasteiger partial charge in [-0.05, 0) is 46.8 Å². The highest BCUT2D eigenvalue weighted by Gasteiger charge is 2.20. The summed E-state index contributed by atoms with van der Waals surface area (Å²) >= 11 is 0. The lowest BCUT2D eigenvalue weighted by atomic mass is 10.1. The number of anilines is 1. The van der Waals surface area contributed by atoms with Gasteiger partial charge < -0.3 is 5.32 Å². The third-order valence-corrected chi connectivity index (χ3v) is 4.57. The van der Waals surface area contributed by atoms with Crippen molar-refractivity contribution >= 4 is 22.8 Å². The van der Waals surface area contributed by atoms with E-state index < -0.39 is 0 Å². The van der Waals surface area contributed by atoms with Gasteiger partial charge in [0, 0.05) is 30.2 Å². The highest BCUT2D eigenvalue weighted by Crippen LogP contribution is 2.23. The van der Waals surface area contributed by atoms with Crippen molar-refractivity contribution in [3.8, 4) is 5.95 Å². The maximum atomic E-state index is 13.2. The van der Waals surface area contributed by atoms with E-state index in [0.29, 0.717) is 23.0 Å². The van der Waals surface area contributed by atoms with E-state index in [4.69, 9.17) is 0 Å². The van der Waals surface area contributed by atoms with Gasteiger partial charge >= 0.3 is 0 Å². The lowest BCUT2D eigenvalue weighted by Gasteiger charge is -2.10. The van der Waals surface area contributed by atoms with Gasteiger partial charge in [0.25, 0.3) is 11.9 Å². The first-order valence-electron chi connectivity index (χ1n) is 9.24. The average molecular weight is 390 g/mol. The minimum absolute atomic E-state index is 0.262. The van der Waals surface area contributed by atoms with Crippen LogP contribution in [0.4, 0.5) is 5.82 Å². The van der Waals surface area contributed by atoms with Crippen molar-refractivity contribution < 1.29 is 4.79 Å². The number of carbonyl (C=O) groups excluding carboxylic acids is 1. The molecule has 1 N–H and O–H groups in total. The molecule has 4 aromatic rings. The number of rotatable bonds is 3. The molecule has 0 bridgehead atoms. The fourth-order valence-electron chi connectivity index (χ4n) is 3.48. The first-order chi connectivity index (χ1) is 13.7. The highest BCUT2D eigenvalue weighted by atomic mass is 16.1. The quantitative estimate of drug-likeness (QED) is 0.577. The van der Waals surface area contributed by atoms with Gasteiger partial charge in [-0.1, -0.05) is 0 Å². The van der Waals surface area contributed by atoms with Crippen molar-refractivity contribution in [2.75, 3.05) is 5.32 Å². The first-order valence-corrected chi connectivity index (χ1v) is 9.24. The molecule has 0 fully saturated rings. The Labute approximate surface area is 167 Å². The Hall–Kier alpha value is -3.62. The maximum absolute atomic E-state index is 13.2. The van der Waals surface area contributed by atoms with E-state index in [1.54, 1.807) is 21.5 Å². The van der Waals surface area contributed by atoms with E-state index >= 15 is 0 Å². The van der Waals surface area contributed by atoms with Crippen LogP contribution in [0.3, 0.4) is 0 Å². The average Bonchev–Trinajstić information content (AvgIpc) is 3.13. The van der Waals surface area contributed by atoms with Gasteiger partial charge in [-0.3, -0.25) is 9.48 Å². The maximum Gasteiger partial charge on any atom is 0.257 e. The second-order valence-electron chi connectivity index (χ2n) is 7.21. The molecule has 0 aromatic carbocycles. The molecule has 4 aromatic heterocycles. The summed E-state index contributed by atoms with van der Waals surface area (Å²) in [5, 5.41) is 12.6. The molecule has 0 saturated heterocycles. The topological polar surface area (TPSA) is 103 Å². The number of amides is 1. The number of aromatic nitrogens is 7. The second kappa shape index (κ2) is 6.77. The van der Waals surface area contributed by atoms with Crippen molar-refractivity contribution in [2.45, 2.75) is 34.6 Å². The lowest BCUT2D eigenvalue weighted by molar-refractivity contribution is 0.102. The van der Waals surface area contributed by atoms with Crippen molar-refractivity contribution in [2.24, 2.45) is 7.05 Å². The smallest absolute Gasteiger partial charge is 0.257 e. The fraction of sp³-hybridized carbons (Fsp3) is 0.300. The Bertz CT molecular complexity index is 1250. The summed E-state index contributed by atoms with van der Waals surface area (Å²) < 4.78 is 3.24. The van der Waals surface area contributed by atoms with E-state index in [-0.39, 0.29) is 5.91 Å². The zero-order chi connectivity index (χ0) is 20.9. The van der Waals surface area contributed by atoms with E-state index in [2.05, 4.69) is 30.5 Å². The zero-order valence-electron chi connectivity index (χ0n) is 17.3. The SMILES string of the molecule is Cc1cc(C)nc(-n2nc(C)cc2NC(=O)c2cc(C)nc3c2c(C)nn3C)n1. The van der Waals surface area contributed by atoms with Crippen LogP contribution in [0.1, 0.15) is 38.8 Å². The van der Waals surface area contributed by atoms with Gasteiger partial charge in [0.15, 0.2) is 5.65 Å². The van der Waals surface area contributed by atoms with Crippen LogP contribution in [0.5, 0.6) is 0 Å². The van der Waals surface area contributed by atoms with E-state index in [0.717, 1.165) is 33.9 Å². The molecule has 0 spiro atoms. The minimum Gasteiger partial charge on any atom is -0.306 e. The van der Waals surface area contributed by atoms with Crippen LogP contribution in [-0.2, 0) is 7.05 Å². The van der Waals surface area contributed by atoms with Crippen LogP contribution in [0.2, 0.25) is 0 Å². The number of fused-ring (bicyclic) bond motifs is 1. The highest BCUT2D eigenvalue weighted by molar-refractivity contribution is 6.12.